The van der Waals surface area contributed by atoms with Crippen LogP contribution in [0.4, 0.5) is 11.5 Å². The number of nitrogens with one attached hydrogen (secondary N) is 1. The lowest BCUT2D eigenvalue weighted by Crippen LogP contribution is -2.04. The molecule has 0 aliphatic heterocycles. The fourth-order valence-electron chi connectivity index (χ4n) is 1.72. The van der Waals surface area contributed by atoms with E-state index in [1.54, 1.807) is 25.4 Å². The van der Waals surface area contributed by atoms with Crippen LogP contribution in [0.25, 0.3) is 0 Å². The van der Waals surface area contributed by atoms with Gasteiger partial charge in [0.05, 0.1) is 18.4 Å². The maximum absolute atomic E-state index is 8.96. The number of rotatable bonds is 4. The molecule has 1 aromatic heterocycles. The summed E-state index contributed by atoms with van der Waals surface area (Å²) in [4.78, 5) is 4.13. The molecule has 2 aromatic rings. The molecule has 1 aromatic carbocycles. The lowest BCUT2D eigenvalue weighted by atomic mass is 10.2. The number of benzene rings is 1. The van der Waals surface area contributed by atoms with Gasteiger partial charge >= 0.3 is 0 Å². The van der Waals surface area contributed by atoms with Crippen molar-refractivity contribution in [3.8, 4) is 11.8 Å². The first-order chi connectivity index (χ1) is 9.24. The van der Waals surface area contributed by atoms with Crippen molar-refractivity contribution in [3.63, 3.8) is 0 Å². The van der Waals surface area contributed by atoms with E-state index in [4.69, 9.17) is 15.7 Å². The van der Waals surface area contributed by atoms with Crippen molar-refractivity contribution in [2.45, 2.75) is 6.54 Å². The van der Waals surface area contributed by atoms with Crippen LogP contribution in [-0.4, -0.2) is 12.1 Å². The number of anilines is 2. The predicted octanol–water partition coefficient (Wildman–Crippen LogP) is 2.16. The normalized spacial score (nSPS) is 9.68. The molecule has 0 unspecified atom stereocenters. The van der Waals surface area contributed by atoms with Crippen LogP contribution in [0, 0.1) is 11.3 Å². The topological polar surface area (TPSA) is 84.0 Å². The first kappa shape index (κ1) is 12.7. The molecule has 0 spiro atoms. The molecule has 0 amide bonds. The Morgan fingerprint density at radius 3 is 2.95 bits per heavy atom. The van der Waals surface area contributed by atoms with Crippen molar-refractivity contribution < 1.29 is 4.74 Å². The van der Waals surface area contributed by atoms with Crippen molar-refractivity contribution in [1.82, 2.24) is 4.98 Å². The molecule has 96 valence electrons. The van der Waals surface area contributed by atoms with Gasteiger partial charge in [-0.05, 0) is 29.8 Å². The zero-order chi connectivity index (χ0) is 13.7. The summed E-state index contributed by atoms with van der Waals surface area (Å²) in [6, 6.07) is 11.1. The van der Waals surface area contributed by atoms with Gasteiger partial charge in [-0.3, -0.25) is 0 Å². The molecular weight excluding hydrogens is 240 g/mol. The smallest absolute Gasteiger partial charge is 0.144 e. The summed E-state index contributed by atoms with van der Waals surface area (Å²) in [5.74, 6) is 1.22. The molecule has 5 nitrogen and oxygen atoms in total. The Balaban J connectivity index is 2.11. The highest BCUT2D eigenvalue weighted by molar-refractivity contribution is 5.56. The van der Waals surface area contributed by atoms with Gasteiger partial charge in [0, 0.05) is 12.7 Å². The highest BCUT2D eigenvalue weighted by Crippen LogP contribution is 2.22. The van der Waals surface area contributed by atoms with Crippen molar-refractivity contribution in [2.24, 2.45) is 0 Å². The van der Waals surface area contributed by atoms with E-state index in [0.717, 1.165) is 5.56 Å². The molecule has 0 saturated heterocycles. The van der Waals surface area contributed by atoms with Crippen molar-refractivity contribution in [1.29, 1.82) is 5.26 Å². The van der Waals surface area contributed by atoms with Gasteiger partial charge in [0.2, 0.25) is 0 Å². The second-order valence-corrected chi connectivity index (χ2v) is 3.94. The first-order valence-corrected chi connectivity index (χ1v) is 5.76. The Kier molecular flexibility index (Phi) is 3.84. The molecule has 0 saturated carbocycles. The van der Waals surface area contributed by atoms with Crippen LogP contribution in [0.15, 0.2) is 36.5 Å². The van der Waals surface area contributed by atoms with E-state index >= 15 is 0 Å². The summed E-state index contributed by atoms with van der Waals surface area (Å²) in [6.45, 7) is 0.542. The number of nitriles is 1. The van der Waals surface area contributed by atoms with Gasteiger partial charge in [0.15, 0.2) is 0 Å². The van der Waals surface area contributed by atoms with Gasteiger partial charge < -0.3 is 15.8 Å². The van der Waals surface area contributed by atoms with Gasteiger partial charge in [-0.2, -0.15) is 5.26 Å². The summed E-state index contributed by atoms with van der Waals surface area (Å²) in [7, 11) is 1.58. The van der Waals surface area contributed by atoms with E-state index in [1.807, 2.05) is 18.2 Å². The van der Waals surface area contributed by atoms with Crippen molar-refractivity contribution in [3.05, 3.63) is 47.7 Å². The molecule has 0 aliphatic carbocycles. The monoisotopic (exact) mass is 254 g/mol. The standard InChI is InChI=1S/C14H14N4O/c1-19-13-5-4-10(7-12(13)16)9-18-14-11(8-15)3-2-6-17-14/h2-7H,9,16H2,1H3,(H,17,18). The van der Waals surface area contributed by atoms with Crippen LogP contribution < -0.4 is 15.8 Å². The molecule has 0 atom stereocenters. The molecule has 2 rings (SSSR count). The second-order valence-electron chi connectivity index (χ2n) is 3.94. The Labute approximate surface area is 111 Å². The van der Waals surface area contributed by atoms with E-state index in [0.29, 0.717) is 29.4 Å². The van der Waals surface area contributed by atoms with Crippen LogP contribution in [0.2, 0.25) is 0 Å². The molecule has 0 fully saturated rings. The maximum atomic E-state index is 8.96. The number of hydrogen-bond donors (Lipinski definition) is 2. The Hall–Kier alpha value is -2.74. The minimum absolute atomic E-state index is 0.518. The minimum atomic E-state index is 0.518. The van der Waals surface area contributed by atoms with Crippen LogP contribution in [0.3, 0.4) is 0 Å². The minimum Gasteiger partial charge on any atom is -0.495 e. The number of methoxy groups -OCH3 is 1. The summed E-state index contributed by atoms with van der Waals surface area (Å²) in [6.07, 6.45) is 1.64. The Morgan fingerprint density at radius 1 is 1.42 bits per heavy atom. The zero-order valence-electron chi connectivity index (χ0n) is 10.6. The van der Waals surface area contributed by atoms with Gasteiger partial charge in [0.25, 0.3) is 0 Å². The number of nitrogens with two attached hydrogens (primary N) is 1. The molecule has 1 heterocycles. The summed E-state index contributed by atoms with van der Waals surface area (Å²) < 4.78 is 5.10. The highest BCUT2D eigenvalue weighted by Gasteiger charge is 2.04. The quantitative estimate of drug-likeness (QED) is 0.817. The van der Waals surface area contributed by atoms with Gasteiger partial charge in [0.1, 0.15) is 17.6 Å². The third-order valence-electron chi connectivity index (χ3n) is 2.68. The summed E-state index contributed by atoms with van der Waals surface area (Å²) >= 11 is 0. The summed E-state index contributed by atoms with van der Waals surface area (Å²) in [5, 5.41) is 12.1. The van der Waals surface area contributed by atoms with Crippen LogP contribution in [0.1, 0.15) is 11.1 Å². The number of aromatic nitrogens is 1. The van der Waals surface area contributed by atoms with E-state index in [-0.39, 0.29) is 0 Å². The predicted molar refractivity (Wildman–Crippen MR) is 73.7 cm³/mol. The molecule has 0 bridgehead atoms. The van der Waals surface area contributed by atoms with E-state index in [1.165, 1.54) is 0 Å². The average Bonchev–Trinajstić information content (AvgIpc) is 2.45. The first-order valence-electron chi connectivity index (χ1n) is 5.76. The number of pyridine rings is 1. The van der Waals surface area contributed by atoms with Gasteiger partial charge in [-0.25, -0.2) is 4.98 Å². The molecular formula is C14H14N4O. The van der Waals surface area contributed by atoms with Crippen LogP contribution >= 0.6 is 0 Å². The van der Waals surface area contributed by atoms with E-state index < -0.39 is 0 Å². The largest absolute Gasteiger partial charge is 0.495 e. The third-order valence-corrected chi connectivity index (χ3v) is 2.68. The van der Waals surface area contributed by atoms with Crippen molar-refractivity contribution in [2.75, 3.05) is 18.2 Å². The molecule has 19 heavy (non-hydrogen) atoms. The lowest BCUT2D eigenvalue weighted by Gasteiger charge is -2.09. The molecule has 0 radical (unpaired) electrons. The fraction of sp³-hybridized carbons (Fsp3) is 0.143. The third kappa shape index (κ3) is 2.93. The van der Waals surface area contributed by atoms with E-state index in [9.17, 15) is 0 Å². The number of nitrogens with zero attached hydrogens (tertiary/aromatic N) is 2. The number of ether oxygens (including phenoxy) is 1. The Bertz CT molecular complexity index is 619. The van der Waals surface area contributed by atoms with E-state index in [2.05, 4.69) is 16.4 Å². The van der Waals surface area contributed by atoms with Crippen molar-refractivity contribution >= 4 is 11.5 Å². The van der Waals surface area contributed by atoms with Gasteiger partial charge in [-0.1, -0.05) is 6.07 Å². The van der Waals surface area contributed by atoms with Crippen LogP contribution in [0.5, 0.6) is 5.75 Å². The average molecular weight is 254 g/mol. The number of nitrogen functional groups attached to an aromatic ring is 1. The molecule has 3 N–H and O–H groups in total. The van der Waals surface area contributed by atoms with Crippen LogP contribution in [-0.2, 0) is 6.54 Å². The van der Waals surface area contributed by atoms with Gasteiger partial charge in [-0.15, -0.1) is 0 Å². The SMILES string of the molecule is COc1ccc(CNc2ncccc2C#N)cc1N. The number of hydrogen-bond acceptors (Lipinski definition) is 5. The summed E-state index contributed by atoms with van der Waals surface area (Å²) in [5.41, 5.74) is 7.93. The fourth-order valence-corrected chi connectivity index (χ4v) is 1.72. The maximum Gasteiger partial charge on any atom is 0.144 e. The second kappa shape index (κ2) is 5.74. The zero-order valence-corrected chi connectivity index (χ0v) is 10.6. The highest BCUT2D eigenvalue weighted by atomic mass is 16.5. The molecule has 0 aliphatic rings. The Morgan fingerprint density at radius 2 is 2.26 bits per heavy atom. The lowest BCUT2D eigenvalue weighted by molar-refractivity contribution is 0.417. The molecule has 5 heteroatoms.